The van der Waals surface area contributed by atoms with Crippen molar-refractivity contribution in [3.8, 4) is 0 Å². The second-order valence-electron chi connectivity index (χ2n) is 2.69. The molecule has 1 rings (SSSR count). The highest BCUT2D eigenvalue weighted by molar-refractivity contribution is 14.1. The molecule has 1 heterocycles. The van der Waals surface area contributed by atoms with E-state index in [1.165, 1.54) is 6.07 Å². The van der Waals surface area contributed by atoms with Crippen LogP contribution in [0.25, 0.3) is 0 Å². The van der Waals surface area contributed by atoms with E-state index in [1.54, 1.807) is 22.6 Å². The van der Waals surface area contributed by atoms with Crippen LogP contribution in [0.1, 0.15) is 17.6 Å². The molecule has 7 heteroatoms. The predicted molar refractivity (Wildman–Crippen MR) is 66.0 cm³/mol. The van der Waals surface area contributed by atoms with Crippen molar-refractivity contribution >= 4 is 51.2 Å². The van der Waals surface area contributed by atoms with Gasteiger partial charge in [-0.25, -0.2) is 13.8 Å². The first kappa shape index (κ1) is 13.0. The van der Waals surface area contributed by atoms with Crippen LogP contribution in [0.15, 0.2) is 6.07 Å². The summed E-state index contributed by atoms with van der Waals surface area (Å²) in [6.45, 7) is 0. The first-order valence-corrected chi connectivity index (χ1v) is 5.92. The van der Waals surface area contributed by atoms with E-state index in [1.807, 2.05) is 22.6 Å². The minimum Gasteiger partial charge on any atom is -0.481 e. The van der Waals surface area contributed by atoms with Crippen LogP contribution in [0, 0.1) is 7.40 Å². The van der Waals surface area contributed by atoms with Gasteiger partial charge in [0.15, 0.2) is 0 Å². The van der Waals surface area contributed by atoms with E-state index < -0.39 is 12.4 Å². The van der Waals surface area contributed by atoms with Gasteiger partial charge in [-0.15, -0.1) is 0 Å². The molecule has 1 N–H and O–H groups in total. The quantitative estimate of drug-likeness (QED) is 0.583. The van der Waals surface area contributed by atoms with Crippen LogP contribution in [0.4, 0.5) is 8.78 Å². The maximum atomic E-state index is 12.5. The summed E-state index contributed by atoms with van der Waals surface area (Å²) in [6, 6.07) is 1.20. The number of rotatable bonds is 3. The molecular formula is C8H5F2I2NO2. The first-order valence-electron chi connectivity index (χ1n) is 3.76. The smallest absolute Gasteiger partial charge is 0.307 e. The van der Waals surface area contributed by atoms with E-state index in [9.17, 15) is 13.6 Å². The molecule has 0 saturated carbocycles. The average molecular weight is 439 g/mol. The molecule has 3 nitrogen and oxygen atoms in total. The number of halogens is 4. The average Bonchev–Trinajstić information content (AvgIpc) is 2.08. The Morgan fingerprint density at radius 2 is 2.07 bits per heavy atom. The third-order valence-corrected chi connectivity index (χ3v) is 3.40. The van der Waals surface area contributed by atoms with Crippen LogP contribution < -0.4 is 0 Å². The topological polar surface area (TPSA) is 50.2 Å². The van der Waals surface area contributed by atoms with Gasteiger partial charge >= 0.3 is 5.97 Å². The molecule has 0 spiro atoms. The van der Waals surface area contributed by atoms with Gasteiger partial charge in [0, 0.05) is 0 Å². The Bertz CT molecular complexity index is 398. The highest BCUT2D eigenvalue weighted by Gasteiger charge is 2.17. The number of aromatic nitrogens is 1. The van der Waals surface area contributed by atoms with Gasteiger partial charge in [0.2, 0.25) is 0 Å². The molecule has 0 aliphatic heterocycles. The Morgan fingerprint density at radius 3 is 2.53 bits per heavy atom. The van der Waals surface area contributed by atoms with Crippen molar-refractivity contribution in [2.45, 2.75) is 12.8 Å². The van der Waals surface area contributed by atoms with E-state index in [2.05, 4.69) is 4.98 Å². The van der Waals surface area contributed by atoms with Crippen molar-refractivity contribution in [1.82, 2.24) is 4.98 Å². The molecule has 0 atom stereocenters. The second kappa shape index (κ2) is 5.32. The molecular weight excluding hydrogens is 434 g/mol. The second-order valence-corrected chi connectivity index (χ2v) is 4.73. The Kier molecular flexibility index (Phi) is 4.62. The molecule has 1 aromatic heterocycles. The summed E-state index contributed by atoms with van der Waals surface area (Å²) < 4.78 is 25.6. The van der Waals surface area contributed by atoms with Crippen molar-refractivity contribution in [2.75, 3.05) is 0 Å². The van der Waals surface area contributed by atoms with Crippen LogP contribution >= 0.6 is 45.2 Å². The number of carboxylic acids is 1. The highest BCUT2D eigenvalue weighted by Crippen LogP contribution is 2.26. The van der Waals surface area contributed by atoms with Gasteiger partial charge in [0.25, 0.3) is 6.43 Å². The number of pyridine rings is 1. The van der Waals surface area contributed by atoms with E-state index in [-0.39, 0.29) is 15.7 Å². The minimum atomic E-state index is -2.63. The van der Waals surface area contributed by atoms with Crippen LogP contribution in [-0.2, 0) is 11.2 Å². The van der Waals surface area contributed by atoms with Crippen LogP contribution in [0.3, 0.4) is 0 Å². The predicted octanol–water partition coefficient (Wildman–Crippen LogP) is 2.86. The van der Waals surface area contributed by atoms with Gasteiger partial charge in [-0.3, -0.25) is 4.79 Å². The number of alkyl halides is 2. The number of hydrogen-bond acceptors (Lipinski definition) is 2. The molecule has 0 radical (unpaired) electrons. The lowest BCUT2D eigenvalue weighted by Crippen LogP contribution is -2.06. The monoisotopic (exact) mass is 439 g/mol. The summed E-state index contributed by atoms with van der Waals surface area (Å²) in [5, 5.41) is 8.57. The standard InChI is InChI=1S/C8H5F2I2NO2/c9-6(10)4-1-3(2-5(14)15)7(11)13-8(4)12/h1,6H,2H2,(H,14,15). The Morgan fingerprint density at radius 1 is 1.47 bits per heavy atom. The molecule has 0 aliphatic carbocycles. The van der Waals surface area contributed by atoms with Gasteiger partial charge in [0.1, 0.15) is 7.40 Å². The summed E-state index contributed by atoms with van der Waals surface area (Å²) in [5.74, 6) is -1.06. The molecule has 15 heavy (non-hydrogen) atoms. The number of carbonyl (C=O) groups is 1. The summed E-state index contributed by atoms with van der Waals surface area (Å²) in [5.41, 5.74) is 0.103. The van der Waals surface area contributed by atoms with Crippen LogP contribution in [0.2, 0.25) is 0 Å². The lowest BCUT2D eigenvalue weighted by atomic mass is 10.1. The molecule has 82 valence electrons. The number of hydrogen-bond donors (Lipinski definition) is 1. The largest absolute Gasteiger partial charge is 0.481 e. The Balaban J connectivity index is 3.17. The zero-order chi connectivity index (χ0) is 11.6. The number of carboxylic acid groups (broad SMARTS) is 1. The van der Waals surface area contributed by atoms with Gasteiger partial charge in [-0.2, -0.15) is 0 Å². The van der Waals surface area contributed by atoms with Crippen molar-refractivity contribution in [2.24, 2.45) is 0 Å². The maximum absolute atomic E-state index is 12.5. The molecule has 0 unspecified atom stereocenters. The zero-order valence-corrected chi connectivity index (χ0v) is 11.5. The molecule has 0 aromatic carbocycles. The molecule has 0 bridgehead atoms. The lowest BCUT2D eigenvalue weighted by Gasteiger charge is -2.07. The zero-order valence-electron chi connectivity index (χ0n) is 7.18. The first-order chi connectivity index (χ1) is 6.91. The van der Waals surface area contributed by atoms with Crippen molar-refractivity contribution in [1.29, 1.82) is 0 Å². The van der Waals surface area contributed by atoms with E-state index in [4.69, 9.17) is 5.11 Å². The highest BCUT2D eigenvalue weighted by atomic mass is 127. The van der Waals surface area contributed by atoms with E-state index >= 15 is 0 Å². The minimum absolute atomic E-state index is 0.209. The van der Waals surface area contributed by atoms with E-state index in [0.717, 1.165) is 0 Å². The molecule has 0 saturated heterocycles. The molecule has 0 amide bonds. The Labute approximate surface area is 112 Å². The summed E-state index contributed by atoms with van der Waals surface area (Å²) in [4.78, 5) is 14.3. The Hall–Kier alpha value is -0.0600. The third kappa shape index (κ3) is 3.47. The van der Waals surface area contributed by atoms with Gasteiger partial charge in [-0.1, -0.05) is 0 Å². The van der Waals surface area contributed by atoms with Gasteiger partial charge < -0.3 is 5.11 Å². The van der Waals surface area contributed by atoms with E-state index in [0.29, 0.717) is 9.26 Å². The normalized spacial score (nSPS) is 10.7. The third-order valence-electron chi connectivity index (χ3n) is 1.61. The van der Waals surface area contributed by atoms with Gasteiger partial charge in [-0.05, 0) is 56.8 Å². The SMILES string of the molecule is O=C(O)Cc1cc(C(F)F)c(I)nc1I. The van der Waals surface area contributed by atoms with Crippen molar-refractivity contribution in [3.05, 3.63) is 24.6 Å². The van der Waals surface area contributed by atoms with Gasteiger partial charge in [0.05, 0.1) is 12.0 Å². The summed E-state index contributed by atoms with van der Waals surface area (Å²) >= 11 is 3.54. The van der Waals surface area contributed by atoms with Crippen molar-refractivity contribution < 1.29 is 18.7 Å². The lowest BCUT2D eigenvalue weighted by molar-refractivity contribution is -0.136. The fourth-order valence-corrected chi connectivity index (χ4v) is 2.65. The van der Waals surface area contributed by atoms with Crippen LogP contribution in [-0.4, -0.2) is 16.1 Å². The van der Waals surface area contributed by atoms with Crippen molar-refractivity contribution in [3.63, 3.8) is 0 Å². The summed E-state index contributed by atoms with van der Waals surface area (Å²) in [7, 11) is 0. The molecule has 0 aliphatic rings. The number of nitrogens with zero attached hydrogens (tertiary/aromatic N) is 1. The fourth-order valence-electron chi connectivity index (χ4n) is 0.969. The van der Waals surface area contributed by atoms with Crippen LogP contribution in [0.5, 0.6) is 0 Å². The number of aliphatic carboxylic acids is 1. The maximum Gasteiger partial charge on any atom is 0.307 e. The fraction of sp³-hybridized carbons (Fsp3) is 0.250. The molecule has 0 fully saturated rings. The summed E-state index contributed by atoms with van der Waals surface area (Å²) in [6.07, 6.45) is -2.92. The molecule has 1 aromatic rings.